The summed E-state index contributed by atoms with van der Waals surface area (Å²) in [6, 6.07) is 6.00. The van der Waals surface area contributed by atoms with E-state index in [-0.39, 0.29) is 0 Å². The van der Waals surface area contributed by atoms with Crippen molar-refractivity contribution in [1.82, 2.24) is 0 Å². The number of hydrogen-bond donors (Lipinski definition) is 0. The van der Waals surface area contributed by atoms with Crippen molar-refractivity contribution in [1.29, 1.82) is 0 Å². The van der Waals surface area contributed by atoms with Crippen molar-refractivity contribution in [2.24, 2.45) is 0 Å². The predicted octanol–water partition coefficient (Wildman–Crippen LogP) is 3.72. The molecular weight excluding hydrogens is 288 g/mol. The highest BCUT2D eigenvalue weighted by Gasteiger charge is 2.04. The Morgan fingerprint density at radius 3 is 2.75 bits per heavy atom. The molecular formula is C12H17BrO2S. The molecule has 1 rings (SSSR count). The number of alkyl halides is 1. The molecule has 0 saturated heterocycles. The Balaban J connectivity index is 2.60. The predicted molar refractivity (Wildman–Crippen MR) is 74.1 cm³/mol. The average Bonchev–Trinajstić information content (AvgIpc) is 2.34. The van der Waals surface area contributed by atoms with Crippen LogP contribution in [0.15, 0.2) is 18.2 Å². The maximum atomic E-state index is 5.71. The minimum absolute atomic E-state index is 0.739. The van der Waals surface area contributed by atoms with Crippen molar-refractivity contribution in [2.45, 2.75) is 11.8 Å². The fraction of sp³-hybridized carbons (Fsp3) is 0.500. The van der Waals surface area contributed by atoms with Crippen molar-refractivity contribution in [3.8, 4) is 11.5 Å². The first-order valence-corrected chi connectivity index (χ1v) is 7.68. The second-order valence-corrected chi connectivity index (χ2v) is 4.86. The van der Waals surface area contributed by atoms with Crippen molar-refractivity contribution >= 4 is 27.7 Å². The molecule has 16 heavy (non-hydrogen) atoms. The number of halogens is 1. The topological polar surface area (TPSA) is 18.5 Å². The van der Waals surface area contributed by atoms with E-state index in [1.807, 2.05) is 30.0 Å². The van der Waals surface area contributed by atoms with E-state index in [0.717, 1.165) is 35.6 Å². The number of rotatable bonds is 7. The summed E-state index contributed by atoms with van der Waals surface area (Å²) in [4.78, 5) is 0. The van der Waals surface area contributed by atoms with Gasteiger partial charge in [0.05, 0.1) is 13.7 Å². The van der Waals surface area contributed by atoms with Gasteiger partial charge in [0.2, 0.25) is 0 Å². The Bertz CT molecular complexity index is 318. The van der Waals surface area contributed by atoms with Crippen LogP contribution in [0.4, 0.5) is 0 Å². The van der Waals surface area contributed by atoms with Gasteiger partial charge in [-0.05, 0) is 36.1 Å². The van der Waals surface area contributed by atoms with Crippen molar-refractivity contribution in [3.05, 3.63) is 23.8 Å². The van der Waals surface area contributed by atoms with Crippen molar-refractivity contribution in [3.63, 3.8) is 0 Å². The van der Waals surface area contributed by atoms with Gasteiger partial charge in [-0.15, -0.1) is 0 Å². The summed E-state index contributed by atoms with van der Waals surface area (Å²) in [6.07, 6.45) is 3.16. The lowest BCUT2D eigenvalue weighted by Crippen LogP contribution is -2.00. The fourth-order valence-electron chi connectivity index (χ4n) is 1.30. The zero-order chi connectivity index (χ0) is 11.8. The van der Waals surface area contributed by atoms with Crippen molar-refractivity contribution in [2.75, 3.05) is 25.7 Å². The molecule has 0 aliphatic heterocycles. The van der Waals surface area contributed by atoms with E-state index in [1.165, 1.54) is 5.56 Å². The van der Waals surface area contributed by atoms with E-state index in [9.17, 15) is 0 Å². The van der Waals surface area contributed by atoms with Crippen LogP contribution in [-0.2, 0) is 5.33 Å². The Morgan fingerprint density at radius 1 is 1.31 bits per heavy atom. The van der Waals surface area contributed by atoms with Crippen LogP contribution in [0.25, 0.3) is 0 Å². The van der Waals surface area contributed by atoms with Gasteiger partial charge in [0.25, 0.3) is 0 Å². The van der Waals surface area contributed by atoms with Crippen LogP contribution in [0, 0.1) is 0 Å². The highest BCUT2D eigenvalue weighted by Crippen LogP contribution is 2.28. The van der Waals surface area contributed by atoms with E-state index >= 15 is 0 Å². The minimum Gasteiger partial charge on any atom is -0.493 e. The largest absolute Gasteiger partial charge is 0.493 e. The number of methoxy groups -OCH3 is 1. The van der Waals surface area contributed by atoms with Crippen LogP contribution in [0.5, 0.6) is 11.5 Å². The SMILES string of the molecule is COc1ccc(CBr)cc1OCCCSC. The summed E-state index contributed by atoms with van der Waals surface area (Å²) in [5, 5.41) is 0.832. The van der Waals surface area contributed by atoms with Gasteiger partial charge in [-0.2, -0.15) is 11.8 Å². The van der Waals surface area contributed by atoms with Crippen LogP contribution < -0.4 is 9.47 Å². The number of ether oxygens (including phenoxy) is 2. The first-order chi connectivity index (χ1) is 7.81. The smallest absolute Gasteiger partial charge is 0.161 e. The normalized spacial score (nSPS) is 10.2. The molecule has 1 aromatic carbocycles. The summed E-state index contributed by atoms with van der Waals surface area (Å²) in [5.41, 5.74) is 1.20. The van der Waals surface area contributed by atoms with Gasteiger partial charge in [-0.3, -0.25) is 0 Å². The standard InChI is InChI=1S/C12H17BrO2S/c1-14-11-5-4-10(9-13)8-12(11)15-6-3-7-16-2/h4-5,8H,3,6-7,9H2,1-2H3. The molecule has 0 radical (unpaired) electrons. The quantitative estimate of drug-likeness (QED) is 0.565. The molecule has 1 aromatic rings. The van der Waals surface area contributed by atoms with E-state index in [1.54, 1.807) is 7.11 Å². The summed E-state index contributed by atoms with van der Waals surface area (Å²) in [6.45, 7) is 0.739. The second-order valence-electron chi connectivity index (χ2n) is 3.31. The van der Waals surface area contributed by atoms with Crippen molar-refractivity contribution < 1.29 is 9.47 Å². The number of hydrogen-bond acceptors (Lipinski definition) is 3. The van der Waals surface area contributed by atoms with E-state index < -0.39 is 0 Å². The summed E-state index contributed by atoms with van der Waals surface area (Å²) >= 11 is 5.27. The molecule has 0 atom stereocenters. The lowest BCUT2D eigenvalue weighted by Gasteiger charge is -2.11. The lowest BCUT2D eigenvalue weighted by molar-refractivity contribution is 0.295. The van der Waals surface area contributed by atoms with Gasteiger partial charge in [0.1, 0.15) is 0 Å². The first-order valence-electron chi connectivity index (χ1n) is 5.16. The van der Waals surface area contributed by atoms with Crippen LogP contribution in [-0.4, -0.2) is 25.7 Å². The molecule has 0 fully saturated rings. The molecule has 0 spiro atoms. The minimum atomic E-state index is 0.739. The average molecular weight is 305 g/mol. The molecule has 0 heterocycles. The van der Waals surface area contributed by atoms with E-state index in [0.29, 0.717) is 0 Å². The molecule has 0 aromatic heterocycles. The maximum Gasteiger partial charge on any atom is 0.161 e. The van der Waals surface area contributed by atoms with Gasteiger partial charge in [-0.25, -0.2) is 0 Å². The fourth-order valence-corrected chi connectivity index (χ4v) is 2.06. The molecule has 0 aliphatic carbocycles. The highest BCUT2D eigenvalue weighted by molar-refractivity contribution is 9.08. The van der Waals surface area contributed by atoms with E-state index in [2.05, 4.69) is 22.2 Å². The Labute approximate surface area is 110 Å². The molecule has 0 unspecified atom stereocenters. The van der Waals surface area contributed by atoms with Crippen LogP contribution in [0.3, 0.4) is 0 Å². The molecule has 0 saturated carbocycles. The van der Waals surface area contributed by atoms with Gasteiger partial charge >= 0.3 is 0 Å². The molecule has 0 amide bonds. The third kappa shape index (κ3) is 4.26. The number of benzene rings is 1. The van der Waals surface area contributed by atoms with Crippen LogP contribution >= 0.6 is 27.7 Å². The van der Waals surface area contributed by atoms with Gasteiger partial charge < -0.3 is 9.47 Å². The van der Waals surface area contributed by atoms with Crippen LogP contribution in [0.1, 0.15) is 12.0 Å². The molecule has 4 heteroatoms. The summed E-state index contributed by atoms with van der Waals surface area (Å²) in [5.74, 6) is 2.76. The molecule has 2 nitrogen and oxygen atoms in total. The van der Waals surface area contributed by atoms with Gasteiger partial charge in [0, 0.05) is 5.33 Å². The monoisotopic (exact) mass is 304 g/mol. The molecule has 0 aliphatic rings. The highest BCUT2D eigenvalue weighted by atomic mass is 79.9. The zero-order valence-electron chi connectivity index (χ0n) is 9.66. The van der Waals surface area contributed by atoms with Gasteiger partial charge in [0.15, 0.2) is 11.5 Å². The third-order valence-electron chi connectivity index (χ3n) is 2.13. The Hall–Kier alpha value is -0.350. The van der Waals surface area contributed by atoms with Crippen LogP contribution in [0.2, 0.25) is 0 Å². The molecule has 90 valence electrons. The molecule has 0 bridgehead atoms. The zero-order valence-corrected chi connectivity index (χ0v) is 12.1. The molecule has 0 N–H and O–H groups in total. The Kier molecular flexibility index (Phi) is 6.73. The second kappa shape index (κ2) is 7.85. The maximum absolute atomic E-state index is 5.71. The van der Waals surface area contributed by atoms with Gasteiger partial charge in [-0.1, -0.05) is 22.0 Å². The summed E-state index contributed by atoms with van der Waals surface area (Å²) in [7, 11) is 1.66. The van der Waals surface area contributed by atoms with E-state index in [4.69, 9.17) is 9.47 Å². The Morgan fingerprint density at radius 2 is 2.12 bits per heavy atom. The summed E-state index contributed by atoms with van der Waals surface area (Å²) < 4.78 is 11.0. The third-order valence-corrected chi connectivity index (χ3v) is 3.48. The lowest BCUT2D eigenvalue weighted by atomic mass is 10.2. The first kappa shape index (κ1) is 13.7. The number of thioether (sulfide) groups is 1.